The molecule has 0 saturated carbocycles. The second-order valence-corrected chi connectivity index (χ2v) is 14.6. The lowest BCUT2D eigenvalue weighted by atomic mass is 9.86. The van der Waals surface area contributed by atoms with Crippen LogP contribution in [0.1, 0.15) is 99.9 Å². The molecule has 1 aliphatic heterocycles. The number of aromatic nitrogens is 4. The van der Waals surface area contributed by atoms with Gasteiger partial charge in [-0.05, 0) is 94.1 Å². The fraction of sp³-hybridized carbons (Fsp3) is 0.523. The molecule has 14 heteroatoms. The summed E-state index contributed by atoms with van der Waals surface area (Å²) in [5.74, 6) is 1.16. The molecule has 58 heavy (non-hydrogen) atoms. The van der Waals surface area contributed by atoms with E-state index in [4.69, 9.17) is 29.0 Å². The summed E-state index contributed by atoms with van der Waals surface area (Å²) >= 11 is 0. The van der Waals surface area contributed by atoms with Crippen molar-refractivity contribution in [2.75, 3.05) is 71.7 Å². The quantitative estimate of drug-likeness (QED) is 0.0523. The number of hydrogen-bond donors (Lipinski definition) is 4. The summed E-state index contributed by atoms with van der Waals surface area (Å²) in [6, 6.07) is 19.1. The predicted molar refractivity (Wildman–Crippen MR) is 225 cm³/mol. The van der Waals surface area contributed by atoms with Gasteiger partial charge in [0.25, 0.3) is 5.91 Å². The van der Waals surface area contributed by atoms with Crippen molar-refractivity contribution in [2.45, 2.75) is 83.7 Å². The van der Waals surface area contributed by atoms with Crippen molar-refractivity contribution in [3.8, 4) is 17.1 Å². The molecule has 1 amide bonds. The third kappa shape index (κ3) is 15.8. The van der Waals surface area contributed by atoms with Crippen LogP contribution in [0.15, 0.2) is 73.1 Å². The van der Waals surface area contributed by atoms with Gasteiger partial charge in [-0.2, -0.15) is 5.10 Å². The number of aliphatic carboxylic acids is 1. The van der Waals surface area contributed by atoms with E-state index in [2.05, 4.69) is 51.6 Å². The number of nitrogens with zero attached hydrogens (tertiary/aromatic N) is 4. The number of piperidine rings is 1. The third-order valence-electron chi connectivity index (χ3n) is 9.59. The van der Waals surface area contributed by atoms with Crippen LogP contribution in [0.5, 0.6) is 5.75 Å². The van der Waals surface area contributed by atoms with Crippen molar-refractivity contribution in [1.82, 2.24) is 30.4 Å². The van der Waals surface area contributed by atoms with Gasteiger partial charge in [0.05, 0.1) is 57.6 Å². The van der Waals surface area contributed by atoms with Gasteiger partial charge in [0.2, 0.25) is 0 Å². The van der Waals surface area contributed by atoms with E-state index in [0.717, 1.165) is 80.0 Å². The first kappa shape index (κ1) is 45.8. The molecular formula is C44H63N7O7. The molecule has 0 unspecified atom stereocenters. The fourth-order valence-corrected chi connectivity index (χ4v) is 6.33. The van der Waals surface area contributed by atoms with E-state index < -0.39 is 11.5 Å². The van der Waals surface area contributed by atoms with E-state index in [1.807, 2.05) is 67.6 Å². The maximum Gasteiger partial charge on any atom is 0.305 e. The van der Waals surface area contributed by atoms with Crippen LogP contribution >= 0.6 is 0 Å². The average Bonchev–Trinajstić information content (AvgIpc) is 3.74. The zero-order valence-corrected chi connectivity index (χ0v) is 34.7. The van der Waals surface area contributed by atoms with Crippen LogP contribution < -0.4 is 15.4 Å². The van der Waals surface area contributed by atoms with Crippen LogP contribution in [-0.2, 0) is 24.5 Å². The summed E-state index contributed by atoms with van der Waals surface area (Å²) in [6.07, 6.45) is 10.4. The number of nitrogens with one attached hydrogen (secondary N) is 3. The Balaban J connectivity index is 0.00000240. The van der Waals surface area contributed by atoms with Gasteiger partial charge in [-0.25, -0.2) is 4.98 Å². The Bertz CT molecular complexity index is 1770. The highest BCUT2D eigenvalue weighted by molar-refractivity contribution is 5.95. The molecule has 1 atom stereocenters. The Morgan fingerprint density at radius 3 is 2.22 bits per heavy atom. The first-order valence-electron chi connectivity index (χ1n) is 20.6. The highest BCUT2D eigenvalue weighted by Crippen LogP contribution is 2.35. The van der Waals surface area contributed by atoms with Gasteiger partial charge in [0.1, 0.15) is 5.75 Å². The van der Waals surface area contributed by atoms with Gasteiger partial charge in [-0.3, -0.25) is 19.7 Å². The lowest BCUT2D eigenvalue weighted by Gasteiger charge is -2.40. The average molecular weight is 802 g/mol. The van der Waals surface area contributed by atoms with E-state index in [0.29, 0.717) is 51.0 Å². The Morgan fingerprint density at radius 1 is 0.862 bits per heavy atom. The highest BCUT2D eigenvalue weighted by Gasteiger charge is 2.39. The molecule has 2 aromatic carbocycles. The maximum atomic E-state index is 13.5. The molecule has 0 aliphatic carbocycles. The van der Waals surface area contributed by atoms with Gasteiger partial charge in [0.15, 0.2) is 11.6 Å². The van der Waals surface area contributed by atoms with Crippen molar-refractivity contribution in [2.24, 2.45) is 0 Å². The summed E-state index contributed by atoms with van der Waals surface area (Å²) in [5, 5.41) is 23.2. The molecule has 14 nitrogen and oxygen atoms in total. The second kappa shape index (κ2) is 25.5. The smallest absolute Gasteiger partial charge is 0.305 e. The maximum absolute atomic E-state index is 13.5. The Hall–Kier alpha value is -4.89. The number of aromatic amines is 1. The summed E-state index contributed by atoms with van der Waals surface area (Å²) < 4.78 is 22.3. The number of carboxylic acids is 1. The van der Waals surface area contributed by atoms with Crippen molar-refractivity contribution in [3.05, 3.63) is 90.0 Å². The standard InChI is InChI=1S/C41H55N7O7.C3H8/c1-31(33-9-8-12-36(30-33)55-23-6-4-3-5-22-52-25-27-54-28-26-53-24-15-37(49)50)43-39(51)34-10-7-11-35(29-34)45-41(16-20-48(2)21-17-41)40-44-38(46-47-40)32-13-18-42-19-14-32;1-3-2/h7-14,18-19,29-31,45H,3-6,15-17,20-28H2,1-2H3,(H,43,51)(H,49,50)(H,44,46,47);3H2,1-2H3/t31-;/m1./s1. The molecule has 4 aromatic rings. The molecule has 4 N–H and O–H groups in total. The SMILES string of the molecule is CCC.C[C@@H](NC(=O)c1cccc(NC2(c3nc(-c4ccncc4)n[nH]3)CCN(C)CC2)c1)c1cccc(OCCCCCCOCCOCCOCCC(=O)O)c1. The molecule has 3 heterocycles. The molecule has 2 aromatic heterocycles. The monoisotopic (exact) mass is 801 g/mol. The lowest BCUT2D eigenvalue weighted by molar-refractivity contribution is -0.138. The minimum Gasteiger partial charge on any atom is -0.494 e. The van der Waals surface area contributed by atoms with Crippen LogP contribution in [0.25, 0.3) is 11.4 Å². The molecular weight excluding hydrogens is 739 g/mol. The van der Waals surface area contributed by atoms with Crippen molar-refractivity contribution in [3.63, 3.8) is 0 Å². The van der Waals surface area contributed by atoms with Gasteiger partial charge in [-0.1, -0.05) is 44.9 Å². The van der Waals surface area contributed by atoms with E-state index in [-0.39, 0.29) is 25.0 Å². The van der Waals surface area contributed by atoms with Crippen LogP contribution in [0, 0.1) is 0 Å². The van der Waals surface area contributed by atoms with Crippen LogP contribution in [0.4, 0.5) is 5.69 Å². The number of likely N-dealkylation sites (tertiary alicyclic amines) is 1. The number of rotatable bonds is 24. The number of benzene rings is 2. The molecule has 0 spiro atoms. The number of anilines is 1. The number of ether oxygens (including phenoxy) is 4. The molecule has 1 saturated heterocycles. The van der Waals surface area contributed by atoms with Crippen molar-refractivity contribution in [1.29, 1.82) is 0 Å². The third-order valence-corrected chi connectivity index (χ3v) is 9.59. The van der Waals surface area contributed by atoms with E-state index in [9.17, 15) is 9.59 Å². The summed E-state index contributed by atoms with van der Waals surface area (Å²) in [5.41, 5.74) is 2.81. The Kier molecular flexibility index (Phi) is 20.1. The highest BCUT2D eigenvalue weighted by atomic mass is 16.5. The fourth-order valence-electron chi connectivity index (χ4n) is 6.33. The first-order valence-corrected chi connectivity index (χ1v) is 20.6. The number of amides is 1. The predicted octanol–water partition coefficient (Wildman–Crippen LogP) is 7.27. The van der Waals surface area contributed by atoms with Crippen LogP contribution in [0.2, 0.25) is 0 Å². The normalized spacial score (nSPS) is 14.2. The minimum absolute atomic E-state index is 0.00198. The van der Waals surface area contributed by atoms with E-state index in [1.165, 1.54) is 6.42 Å². The van der Waals surface area contributed by atoms with Crippen LogP contribution in [0.3, 0.4) is 0 Å². The Labute approximate surface area is 343 Å². The van der Waals surface area contributed by atoms with E-state index >= 15 is 0 Å². The minimum atomic E-state index is -0.868. The zero-order valence-electron chi connectivity index (χ0n) is 34.7. The van der Waals surface area contributed by atoms with Gasteiger partial charge < -0.3 is 39.6 Å². The molecule has 316 valence electrons. The van der Waals surface area contributed by atoms with Crippen LogP contribution in [-0.4, -0.2) is 108 Å². The first-order chi connectivity index (χ1) is 28.2. The summed E-state index contributed by atoms with van der Waals surface area (Å²) in [7, 11) is 2.12. The zero-order chi connectivity index (χ0) is 41.4. The number of unbranched alkanes of at least 4 members (excludes halogenated alkanes) is 3. The molecule has 1 fully saturated rings. The Morgan fingerprint density at radius 2 is 1.52 bits per heavy atom. The summed E-state index contributed by atoms with van der Waals surface area (Å²) in [4.78, 5) is 35.3. The van der Waals surface area contributed by atoms with E-state index in [1.54, 1.807) is 12.4 Å². The number of carbonyl (C=O) groups excluding carboxylic acids is 1. The van der Waals surface area contributed by atoms with Crippen molar-refractivity contribution < 1.29 is 33.6 Å². The summed E-state index contributed by atoms with van der Waals surface area (Å²) in [6.45, 7) is 11.3. The topological polar surface area (TPSA) is 173 Å². The van der Waals surface area contributed by atoms with Gasteiger partial charge >= 0.3 is 5.97 Å². The number of carboxylic acid groups (broad SMARTS) is 1. The molecule has 0 bridgehead atoms. The number of hydrogen-bond acceptors (Lipinski definition) is 11. The lowest BCUT2D eigenvalue weighted by Crippen LogP contribution is -2.46. The molecule has 0 radical (unpaired) electrons. The number of H-pyrrole nitrogens is 1. The number of pyridine rings is 1. The molecule has 1 aliphatic rings. The van der Waals surface area contributed by atoms with Gasteiger partial charge in [0, 0.05) is 48.9 Å². The largest absolute Gasteiger partial charge is 0.494 e. The number of carbonyl (C=O) groups is 2. The molecule has 5 rings (SSSR count). The van der Waals surface area contributed by atoms with Gasteiger partial charge in [-0.15, -0.1) is 0 Å². The van der Waals surface area contributed by atoms with Crippen molar-refractivity contribution >= 4 is 17.6 Å². The second-order valence-electron chi connectivity index (χ2n) is 14.6.